The molecule has 0 aliphatic heterocycles. The van der Waals surface area contributed by atoms with Crippen LogP contribution in [0.25, 0.3) is 0 Å². The maximum atomic E-state index is 12.3. The fourth-order valence-corrected chi connectivity index (χ4v) is 1.52. The number of carbonyl (C=O) groups is 1. The molecule has 0 saturated carbocycles. The van der Waals surface area contributed by atoms with Gasteiger partial charge in [0.05, 0.1) is 5.56 Å². The monoisotopic (exact) mass is 308 g/mol. The van der Waals surface area contributed by atoms with Crippen LogP contribution in [0.4, 0.5) is 13.2 Å². The van der Waals surface area contributed by atoms with E-state index in [1.165, 1.54) is 7.11 Å². The van der Waals surface area contributed by atoms with E-state index in [0.717, 1.165) is 18.2 Å². The topological polar surface area (TPSA) is 65.0 Å². The SMILES string of the molecule is COC(Oc1cc(C(=O)O)ccc1OC(F)(F)F)C(C)C. The third kappa shape index (κ3) is 5.14. The molecule has 1 atom stereocenters. The number of hydrogen-bond donors (Lipinski definition) is 1. The lowest BCUT2D eigenvalue weighted by atomic mass is 10.2. The molecule has 0 bridgehead atoms. The van der Waals surface area contributed by atoms with E-state index in [0.29, 0.717) is 0 Å². The minimum Gasteiger partial charge on any atom is -0.478 e. The zero-order valence-corrected chi connectivity index (χ0v) is 11.6. The van der Waals surface area contributed by atoms with Crippen molar-refractivity contribution >= 4 is 5.97 Å². The largest absolute Gasteiger partial charge is 0.573 e. The fraction of sp³-hybridized carbons (Fsp3) is 0.462. The number of carboxylic acids is 1. The molecule has 1 rings (SSSR count). The van der Waals surface area contributed by atoms with Gasteiger partial charge in [0.15, 0.2) is 11.5 Å². The second-order valence-corrected chi connectivity index (χ2v) is 4.48. The lowest BCUT2D eigenvalue weighted by molar-refractivity contribution is -0.275. The van der Waals surface area contributed by atoms with Gasteiger partial charge in [-0.1, -0.05) is 13.8 Å². The molecule has 0 heterocycles. The number of carboxylic acid groups (broad SMARTS) is 1. The normalized spacial score (nSPS) is 13.1. The van der Waals surface area contributed by atoms with E-state index in [-0.39, 0.29) is 17.2 Å². The average Bonchev–Trinajstić information content (AvgIpc) is 2.34. The van der Waals surface area contributed by atoms with Crippen LogP contribution in [0, 0.1) is 5.92 Å². The van der Waals surface area contributed by atoms with E-state index in [1.54, 1.807) is 13.8 Å². The lowest BCUT2D eigenvalue weighted by Crippen LogP contribution is -2.26. The fourth-order valence-electron chi connectivity index (χ4n) is 1.52. The molecular weight excluding hydrogens is 293 g/mol. The molecule has 0 fully saturated rings. The molecule has 1 aromatic rings. The van der Waals surface area contributed by atoms with E-state index >= 15 is 0 Å². The molecule has 118 valence electrons. The van der Waals surface area contributed by atoms with Gasteiger partial charge in [0.2, 0.25) is 6.29 Å². The third-order valence-corrected chi connectivity index (χ3v) is 2.44. The first-order valence-corrected chi connectivity index (χ1v) is 5.96. The van der Waals surface area contributed by atoms with E-state index in [1.807, 2.05) is 0 Å². The Morgan fingerprint density at radius 2 is 1.86 bits per heavy atom. The van der Waals surface area contributed by atoms with Crippen LogP contribution in [0.5, 0.6) is 11.5 Å². The summed E-state index contributed by atoms with van der Waals surface area (Å²) in [4.78, 5) is 10.9. The Balaban J connectivity index is 3.16. The van der Waals surface area contributed by atoms with Gasteiger partial charge in [-0.15, -0.1) is 13.2 Å². The molecule has 1 aromatic carbocycles. The molecule has 0 aromatic heterocycles. The van der Waals surface area contributed by atoms with Gasteiger partial charge in [0, 0.05) is 13.0 Å². The van der Waals surface area contributed by atoms with Crippen LogP contribution in [0.3, 0.4) is 0 Å². The summed E-state index contributed by atoms with van der Waals surface area (Å²) in [6.45, 7) is 3.47. The summed E-state index contributed by atoms with van der Waals surface area (Å²) < 4.78 is 51.1. The number of methoxy groups -OCH3 is 1. The molecule has 0 aliphatic carbocycles. The highest BCUT2D eigenvalue weighted by Crippen LogP contribution is 2.34. The molecule has 1 N–H and O–H groups in total. The molecule has 0 amide bonds. The maximum absolute atomic E-state index is 12.3. The van der Waals surface area contributed by atoms with Gasteiger partial charge >= 0.3 is 12.3 Å². The first kappa shape index (κ1) is 17.1. The zero-order chi connectivity index (χ0) is 16.2. The van der Waals surface area contributed by atoms with Crippen LogP contribution in [-0.2, 0) is 4.74 Å². The van der Waals surface area contributed by atoms with Gasteiger partial charge in [-0.2, -0.15) is 0 Å². The van der Waals surface area contributed by atoms with Gasteiger partial charge in [-0.3, -0.25) is 0 Å². The van der Waals surface area contributed by atoms with Crippen molar-refractivity contribution in [1.29, 1.82) is 0 Å². The van der Waals surface area contributed by atoms with Crippen molar-refractivity contribution in [3.8, 4) is 11.5 Å². The van der Waals surface area contributed by atoms with Crippen LogP contribution >= 0.6 is 0 Å². The molecule has 8 heteroatoms. The van der Waals surface area contributed by atoms with E-state index in [4.69, 9.17) is 14.6 Å². The Labute approximate surface area is 119 Å². The first-order chi connectivity index (χ1) is 9.64. The van der Waals surface area contributed by atoms with Gasteiger partial charge in [0.25, 0.3) is 0 Å². The van der Waals surface area contributed by atoms with Gasteiger partial charge in [-0.25, -0.2) is 4.79 Å². The summed E-state index contributed by atoms with van der Waals surface area (Å²) in [5, 5.41) is 8.88. The predicted molar refractivity (Wildman–Crippen MR) is 66.3 cm³/mol. The molecule has 0 radical (unpaired) electrons. The van der Waals surface area contributed by atoms with Crippen molar-refractivity contribution in [3.05, 3.63) is 23.8 Å². The Morgan fingerprint density at radius 3 is 2.29 bits per heavy atom. The minimum atomic E-state index is -4.91. The van der Waals surface area contributed by atoms with Gasteiger partial charge in [0.1, 0.15) is 0 Å². The van der Waals surface area contributed by atoms with Crippen LogP contribution in [0.2, 0.25) is 0 Å². The average molecular weight is 308 g/mol. The predicted octanol–water partition coefficient (Wildman–Crippen LogP) is 3.29. The quantitative estimate of drug-likeness (QED) is 0.817. The molecule has 1 unspecified atom stereocenters. The molecule has 0 saturated heterocycles. The molecule has 5 nitrogen and oxygen atoms in total. The van der Waals surface area contributed by atoms with Crippen molar-refractivity contribution in [3.63, 3.8) is 0 Å². The van der Waals surface area contributed by atoms with Crippen molar-refractivity contribution in [1.82, 2.24) is 0 Å². The Kier molecular flexibility index (Phi) is 5.42. The number of benzene rings is 1. The standard InChI is InChI=1S/C13H15F3O5/c1-7(2)12(19-3)20-10-6-8(11(17)18)4-5-9(10)21-13(14,15)16/h4-7,12H,1-3H3,(H,17,18). The van der Waals surface area contributed by atoms with E-state index < -0.39 is 24.4 Å². The number of rotatable bonds is 6. The van der Waals surface area contributed by atoms with E-state index in [2.05, 4.69) is 4.74 Å². The Bertz CT molecular complexity index is 499. The van der Waals surface area contributed by atoms with Gasteiger partial charge < -0.3 is 19.3 Å². The molecular formula is C13H15F3O5. The van der Waals surface area contributed by atoms with Crippen LogP contribution in [-0.4, -0.2) is 30.8 Å². The summed E-state index contributed by atoms with van der Waals surface area (Å²) in [7, 11) is 1.33. The first-order valence-electron chi connectivity index (χ1n) is 5.96. The summed E-state index contributed by atoms with van der Waals surface area (Å²) >= 11 is 0. The summed E-state index contributed by atoms with van der Waals surface area (Å²) in [5.41, 5.74) is -0.224. The number of alkyl halides is 3. The third-order valence-electron chi connectivity index (χ3n) is 2.44. The highest BCUT2D eigenvalue weighted by molar-refractivity contribution is 5.88. The molecule has 0 spiro atoms. The highest BCUT2D eigenvalue weighted by atomic mass is 19.4. The number of halogens is 3. The Hall–Kier alpha value is -1.96. The Morgan fingerprint density at radius 1 is 1.24 bits per heavy atom. The summed E-state index contributed by atoms with van der Waals surface area (Å²) in [5.74, 6) is -2.44. The van der Waals surface area contributed by atoms with Crippen molar-refractivity contribution in [2.75, 3.05) is 7.11 Å². The van der Waals surface area contributed by atoms with Crippen LogP contribution in [0.1, 0.15) is 24.2 Å². The number of ether oxygens (including phenoxy) is 3. The molecule has 0 aliphatic rings. The van der Waals surface area contributed by atoms with Gasteiger partial charge in [-0.05, 0) is 18.2 Å². The van der Waals surface area contributed by atoms with E-state index in [9.17, 15) is 18.0 Å². The van der Waals surface area contributed by atoms with Crippen molar-refractivity contribution < 1.29 is 37.3 Å². The van der Waals surface area contributed by atoms with Crippen molar-refractivity contribution in [2.45, 2.75) is 26.5 Å². The highest BCUT2D eigenvalue weighted by Gasteiger charge is 2.33. The van der Waals surface area contributed by atoms with Crippen LogP contribution < -0.4 is 9.47 Å². The zero-order valence-electron chi connectivity index (χ0n) is 11.6. The second kappa shape index (κ2) is 6.66. The summed E-state index contributed by atoms with van der Waals surface area (Å²) in [6.07, 6.45) is -5.76. The lowest BCUT2D eigenvalue weighted by Gasteiger charge is -2.22. The second-order valence-electron chi connectivity index (χ2n) is 4.48. The maximum Gasteiger partial charge on any atom is 0.573 e. The number of hydrogen-bond acceptors (Lipinski definition) is 4. The van der Waals surface area contributed by atoms with Crippen LogP contribution in [0.15, 0.2) is 18.2 Å². The summed E-state index contributed by atoms with van der Waals surface area (Å²) in [6, 6.07) is 2.84. The molecule has 21 heavy (non-hydrogen) atoms. The van der Waals surface area contributed by atoms with Crippen molar-refractivity contribution in [2.24, 2.45) is 5.92 Å². The number of aromatic carboxylic acids is 1. The smallest absolute Gasteiger partial charge is 0.478 e. The minimum absolute atomic E-state index is 0.165.